The number of aromatic nitrogens is 2. The second-order valence-corrected chi connectivity index (χ2v) is 7.27. The first-order valence-corrected chi connectivity index (χ1v) is 10.2. The molecular formula is C22H30N4O2. The van der Waals surface area contributed by atoms with E-state index in [0.29, 0.717) is 19.7 Å². The van der Waals surface area contributed by atoms with Gasteiger partial charge in [-0.1, -0.05) is 29.8 Å². The second-order valence-electron chi connectivity index (χ2n) is 7.27. The molecule has 1 atom stereocenters. The molecule has 0 saturated carbocycles. The smallest absolute Gasteiger partial charge is 0.224 e. The van der Waals surface area contributed by atoms with E-state index in [9.17, 15) is 4.79 Å². The molecule has 28 heavy (non-hydrogen) atoms. The van der Waals surface area contributed by atoms with E-state index in [0.717, 1.165) is 49.5 Å². The largest absolute Gasteiger partial charge is 0.382 e. The molecule has 0 bridgehead atoms. The Morgan fingerprint density at radius 3 is 2.75 bits per heavy atom. The number of carbonyl (C=O) groups is 1. The van der Waals surface area contributed by atoms with Crippen molar-refractivity contribution < 1.29 is 9.53 Å². The van der Waals surface area contributed by atoms with Crippen molar-refractivity contribution in [3.63, 3.8) is 0 Å². The van der Waals surface area contributed by atoms with Gasteiger partial charge in [0.25, 0.3) is 0 Å². The number of hydrogen-bond donors (Lipinski definition) is 1. The number of aryl methyl sites for hydroxylation is 1. The summed E-state index contributed by atoms with van der Waals surface area (Å²) >= 11 is 0. The first-order chi connectivity index (χ1) is 13.7. The van der Waals surface area contributed by atoms with Crippen molar-refractivity contribution in [1.82, 2.24) is 15.5 Å². The second kappa shape index (κ2) is 10.2. The van der Waals surface area contributed by atoms with Crippen LogP contribution in [0.15, 0.2) is 36.4 Å². The SMILES string of the molecule is CCOCCCNC(=O)[C@H]1CCCN(c2ccc(-c3ccc(C)cc3)nn2)C1. The summed E-state index contributed by atoms with van der Waals surface area (Å²) in [4.78, 5) is 14.6. The molecule has 1 amide bonds. The van der Waals surface area contributed by atoms with E-state index >= 15 is 0 Å². The van der Waals surface area contributed by atoms with Crippen LogP contribution in [0.4, 0.5) is 5.82 Å². The minimum absolute atomic E-state index is 0.000538. The van der Waals surface area contributed by atoms with Crippen LogP contribution < -0.4 is 10.2 Å². The van der Waals surface area contributed by atoms with Crippen LogP contribution in [-0.2, 0) is 9.53 Å². The minimum Gasteiger partial charge on any atom is -0.382 e. The van der Waals surface area contributed by atoms with Gasteiger partial charge < -0.3 is 15.0 Å². The molecule has 1 aliphatic rings. The van der Waals surface area contributed by atoms with Gasteiger partial charge in [0.05, 0.1) is 11.6 Å². The number of anilines is 1. The zero-order valence-corrected chi connectivity index (χ0v) is 16.9. The van der Waals surface area contributed by atoms with E-state index in [1.54, 1.807) is 0 Å². The van der Waals surface area contributed by atoms with Gasteiger partial charge in [-0.3, -0.25) is 4.79 Å². The summed E-state index contributed by atoms with van der Waals surface area (Å²) in [7, 11) is 0. The minimum atomic E-state index is -0.000538. The number of nitrogens with one attached hydrogen (secondary N) is 1. The van der Waals surface area contributed by atoms with Gasteiger partial charge >= 0.3 is 0 Å². The zero-order valence-electron chi connectivity index (χ0n) is 16.9. The third-order valence-electron chi connectivity index (χ3n) is 5.08. The van der Waals surface area contributed by atoms with E-state index in [-0.39, 0.29) is 11.8 Å². The molecule has 150 valence electrons. The van der Waals surface area contributed by atoms with Crippen LogP contribution in [0, 0.1) is 12.8 Å². The Labute approximate surface area is 167 Å². The number of carbonyl (C=O) groups excluding carboxylic acids is 1. The van der Waals surface area contributed by atoms with E-state index in [1.807, 2.05) is 19.1 Å². The highest BCUT2D eigenvalue weighted by Gasteiger charge is 2.26. The first kappa shape index (κ1) is 20.3. The quantitative estimate of drug-likeness (QED) is 0.710. The average molecular weight is 383 g/mol. The summed E-state index contributed by atoms with van der Waals surface area (Å²) in [5, 5.41) is 11.9. The molecule has 1 N–H and O–H groups in total. The summed E-state index contributed by atoms with van der Waals surface area (Å²) in [5.41, 5.74) is 3.15. The third kappa shape index (κ3) is 5.52. The van der Waals surface area contributed by atoms with E-state index in [4.69, 9.17) is 4.74 Å². The predicted molar refractivity (Wildman–Crippen MR) is 111 cm³/mol. The number of nitrogens with zero attached hydrogens (tertiary/aromatic N) is 3. The molecule has 1 fully saturated rings. The van der Waals surface area contributed by atoms with Crippen molar-refractivity contribution in [2.24, 2.45) is 5.92 Å². The van der Waals surface area contributed by atoms with Gasteiger partial charge in [0.2, 0.25) is 5.91 Å². The number of ether oxygens (including phenoxy) is 1. The van der Waals surface area contributed by atoms with Crippen LogP contribution in [0.2, 0.25) is 0 Å². The van der Waals surface area contributed by atoms with Crippen molar-refractivity contribution in [1.29, 1.82) is 0 Å². The molecule has 1 aliphatic heterocycles. The Morgan fingerprint density at radius 2 is 2.04 bits per heavy atom. The Kier molecular flexibility index (Phi) is 7.37. The number of rotatable bonds is 8. The van der Waals surface area contributed by atoms with Crippen LogP contribution >= 0.6 is 0 Å². The highest BCUT2D eigenvalue weighted by atomic mass is 16.5. The Hall–Kier alpha value is -2.47. The summed E-state index contributed by atoms with van der Waals surface area (Å²) in [6, 6.07) is 12.3. The lowest BCUT2D eigenvalue weighted by molar-refractivity contribution is -0.125. The summed E-state index contributed by atoms with van der Waals surface area (Å²) in [5.74, 6) is 0.967. The standard InChI is InChI=1S/C22H30N4O2/c1-3-28-15-5-13-23-22(27)19-6-4-14-26(16-19)21-12-11-20(24-25-21)18-9-7-17(2)8-10-18/h7-12,19H,3-6,13-16H2,1-2H3,(H,23,27)/t19-/m0/s1. The van der Waals surface area contributed by atoms with Crippen LogP contribution in [0.3, 0.4) is 0 Å². The fourth-order valence-corrected chi connectivity index (χ4v) is 3.45. The third-order valence-corrected chi connectivity index (χ3v) is 5.08. The normalized spacial score (nSPS) is 16.8. The highest BCUT2D eigenvalue weighted by Crippen LogP contribution is 2.23. The number of piperidine rings is 1. The van der Waals surface area contributed by atoms with Crippen molar-refractivity contribution >= 4 is 11.7 Å². The molecule has 0 radical (unpaired) electrons. The van der Waals surface area contributed by atoms with Gasteiger partial charge in [0, 0.05) is 38.4 Å². The average Bonchev–Trinajstić information content (AvgIpc) is 2.74. The summed E-state index contributed by atoms with van der Waals surface area (Å²) in [6.07, 6.45) is 2.75. The van der Waals surface area contributed by atoms with Crippen LogP contribution in [0.25, 0.3) is 11.3 Å². The fourth-order valence-electron chi connectivity index (χ4n) is 3.45. The van der Waals surface area contributed by atoms with E-state index in [2.05, 4.69) is 51.6 Å². The van der Waals surface area contributed by atoms with Crippen molar-refractivity contribution in [2.45, 2.75) is 33.1 Å². The van der Waals surface area contributed by atoms with E-state index < -0.39 is 0 Å². The monoisotopic (exact) mass is 382 g/mol. The van der Waals surface area contributed by atoms with E-state index in [1.165, 1.54) is 5.56 Å². The molecule has 0 spiro atoms. The fraction of sp³-hybridized carbons (Fsp3) is 0.500. The molecular weight excluding hydrogens is 352 g/mol. The number of amides is 1. The highest BCUT2D eigenvalue weighted by molar-refractivity contribution is 5.79. The molecule has 2 aromatic rings. The van der Waals surface area contributed by atoms with Gasteiger partial charge in [-0.05, 0) is 45.2 Å². The molecule has 1 saturated heterocycles. The van der Waals surface area contributed by atoms with Crippen molar-refractivity contribution in [3.8, 4) is 11.3 Å². The molecule has 0 unspecified atom stereocenters. The lowest BCUT2D eigenvalue weighted by atomic mass is 9.97. The van der Waals surface area contributed by atoms with Crippen molar-refractivity contribution in [3.05, 3.63) is 42.0 Å². The van der Waals surface area contributed by atoms with Crippen LogP contribution in [0.1, 0.15) is 31.7 Å². The van der Waals surface area contributed by atoms with Gasteiger partial charge in [-0.25, -0.2) is 0 Å². The Bertz CT molecular complexity index is 746. The molecule has 1 aromatic carbocycles. The molecule has 6 nitrogen and oxygen atoms in total. The lowest BCUT2D eigenvalue weighted by Gasteiger charge is -2.32. The van der Waals surface area contributed by atoms with Gasteiger partial charge in [-0.15, -0.1) is 10.2 Å². The lowest BCUT2D eigenvalue weighted by Crippen LogP contribution is -2.43. The molecule has 3 rings (SSSR count). The van der Waals surface area contributed by atoms with Gasteiger partial charge in [-0.2, -0.15) is 0 Å². The maximum absolute atomic E-state index is 12.5. The Morgan fingerprint density at radius 1 is 1.21 bits per heavy atom. The number of benzene rings is 1. The molecule has 6 heteroatoms. The predicted octanol–water partition coefficient (Wildman–Crippen LogP) is 3.21. The number of hydrogen-bond acceptors (Lipinski definition) is 5. The Balaban J connectivity index is 1.55. The maximum Gasteiger partial charge on any atom is 0.224 e. The van der Waals surface area contributed by atoms with Crippen molar-refractivity contribution in [2.75, 3.05) is 37.7 Å². The van der Waals surface area contributed by atoms with Crippen LogP contribution in [0.5, 0.6) is 0 Å². The molecule has 2 heterocycles. The molecule has 0 aliphatic carbocycles. The summed E-state index contributed by atoms with van der Waals surface area (Å²) in [6.45, 7) is 7.72. The van der Waals surface area contributed by atoms with Crippen LogP contribution in [-0.4, -0.2) is 49.0 Å². The first-order valence-electron chi connectivity index (χ1n) is 10.2. The van der Waals surface area contributed by atoms with Gasteiger partial charge in [0.1, 0.15) is 0 Å². The maximum atomic E-state index is 12.5. The molecule has 1 aromatic heterocycles. The van der Waals surface area contributed by atoms with Gasteiger partial charge in [0.15, 0.2) is 5.82 Å². The topological polar surface area (TPSA) is 67.3 Å². The summed E-state index contributed by atoms with van der Waals surface area (Å²) < 4.78 is 5.31. The zero-order chi connectivity index (χ0) is 19.8.